The maximum absolute atomic E-state index is 12.4. The van der Waals surface area contributed by atoms with Gasteiger partial charge in [0.05, 0.1) is 17.2 Å². The maximum atomic E-state index is 12.4. The summed E-state index contributed by atoms with van der Waals surface area (Å²) in [7, 11) is 0. The predicted octanol–water partition coefficient (Wildman–Crippen LogP) is 0.406. The molecule has 0 saturated heterocycles. The summed E-state index contributed by atoms with van der Waals surface area (Å²) in [6, 6.07) is 8.52. The van der Waals surface area contributed by atoms with Gasteiger partial charge in [-0.25, -0.2) is 24.6 Å². The molecule has 4 rings (SSSR count). The van der Waals surface area contributed by atoms with Crippen molar-refractivity contribution in [2.45, 2.75) is 6.54 Å². The third-order valence-corrected chi connectivity index (χ3v) is 3.62. The highest BCUT2D eigenvalue weighted by atomic mass is 16.2. The van der Waals surface area contributed by atoms with E-state index in [1.54, 1.807) is 30.3 Å². The smallest absolute Gasteiger partial charge is 0.261 e. The van der Waals surface area contributed by atoms with Gasteiger partial charge in [0.1, 0.15) is 31.3 Å². The van der Waals surface area contributed by atoms with Gasteiger partial charge < -0.3 is 5.32 Å². The number of benzene rings is 1. The first-order valence-electron chi connectivity index (χ1n) is 7.62. The molecule has 0 aliphatic heterocycles. The van der Waals surface area contributed by atoms with Crippen LogP contribution in [0.5, 0.6) is 0 Å². The third kappa shape index (κ3) is 3.02. The number of hydrogen-bond donors (Lipinski definition) is 1. The van der Waals surface area contributed by atoms with Gasteiger partial charge in [0, 0.05) is 6.07 Å². The number of aromatic nitrogens is 7. The SMILES string of the molecule is O=C(Cn1cnc2ccccc2c1=O)Nc1cc(-n2cncn2)ncn1. The molecule has 10 nitrogen and oxygen atoms in total. The molecule has 0 radical (unpaired) electrons. The van der Waals surface area contributed by atoms with Crippen LogP contribution in [0.25, 0.3) is 16.7 Å². The molecule has 128 valence electrons. The van der Waals surface area contributed by atoms with E-state index < -0.39 is 5.91 Å². The van der Waals surface area contributed by atoms with Gasteiger partial charge in [-0.3, -0.25) is 14.2 Å². The normalized spacial score (nSPS) is 10.8. The van der Waals surface area contributed by atoms with E-state index in [4.69, 9.17) is 0 Å². The van der Waals surface area contributed by atoms with E-state index in [2.05, 4.69) is 30.4 Å². The summed E-state index contributed by atoms with van der Waals surface area (Å²) in [5.41, 5.74) is 0.305. The molecule has 26 heavy (non-hydrogen) atoms. The fourth-order valence-electron chi connectivity index (χ4n) is 2.42. The van der Waals surface area contributed by atoms with E-state index in [9.17, 15) is 9.59 Å². The molecule has 0 fully saturated rings. The van der Waals surface area contributed by atoms with Crippen molar-refractivity contribution >= 4 is 22.6 Å². The summed E-state index contributed by atoms with van der Waals surface area (Å²) < 4.78 is 2.69. The van der Waals surface area contributed by atoms with Gasteiger partial charge in [0.25, 0.3) is 5.56 Å². The fraction of sp³-hybridized carbons (Fsp3) is 0.0625. The summed E-state index contributed by atoms with van der Waals surface area (Å²) in [5.74, 6) is 0.335. The van der Waals surface area contributed by atoms with E-state index in [-0.39, 0.29) is 17.9 Å². The Labute approximate surface area is 146 Å². The van der Waals surface area contributed by atoms with Crippen LogP contribution in [-0.4, -0.2) is 40.2 Å². The van der Waals surface area contributed by atoms with Gasteiger partial charge in [-0.2, -0.15) is 5.10 Å². The topological polar surface area (TPSA) is 120 Å². The zero-order valence-electron chi connectivity index (χ0n) is 13.4. The molecule has 0 aliphatic rings. The van der Waals surface area contributed by atoms with Crippen molar-refractivity contribution < 1.29 is 4.79 Å². The van der Waals surface area contributed by atoms with Gasteiger partial charge in [-0.05, 0) is 12.1 Å². The van der Waals surface area contributed by atoms with Gasteiger partial charge in [0.2, 0.25) is 5.91 Å². The lowest BCUT2D eigenvalue weighted by atomic mass is 10.2. The molecular weight excluding hydrogens is 336 g/mol. The number of amides is 1. The molecule has 1 N–H and O–H groups in total. The second-order valence-corrected chi connectivity index (χ2v) is 5.34. The van der Waals surface area contributed by atoms with Crippen LogP contribution in [0.4, 0.5) is 5.82 Å². The van der Waals surface area contributed by atoms with Crippen LogP contribution in [-0.2, 0) is 11.3 Å². The van der Waals surface area contributed by atoms with E-state index in [1.165, 1.54) is 34.6 Å². The van der Waals surface area contributed by atoms with Gasteiger partial charge in [0.15, 0.2) is 5.82 Å². The average molecular weight is 348 g/mol. The molecule has 3 heterocycles. The molecule has 10 heteroatoms. The zero-order chi connectivity index (χ0) is 17.9. The van der Waals surface area contributed by atoms with Gasteiger partial charge in [-0.1, -0.05) is 12.1 Å². The van der Waals surface area contributed by atoms with Gasteiger partial charge >= 0.3 is 0 Å². The van der Waals surface area contributed by atoms with Crippen molar-refractivity contribution in [1.29, 1.82) is 0 Å². The molecule has 3 aromatic heterocycles. The minimum Gasteiger partial charge on any atom is -0.309 e. The van der Waals surface area contributed by atoms with Crippen LogP contribution in [0, 0.1) is 0 Å². The first kappa shape index (κ1) is 15.6. The Morgan fingerprint density at radius 1 is 1.08 bits per heavy atom. The molecule has 4 aromatic rings. The maximum Gasteiger partial charge on any atom is 0.261 e. The number of anilines is 1. The zero-order valence-corrected chi connectivity index (χ0v) is 13.4. The van der Waals surface area contributed by atoms with Crippen LogP contribution in [0.2, 0.25) is 0 Å². The Balaban J connectivity index is 1.54. The van der Waals surface area contributed by atoms with Crippen LogP contribution < -0.4 is 10.9 Å². The molecular formula is C16H12N8O2. The number of nitrogens with one attached hydrogen (secondary N) is 1. The second kappa shape index (κ2) is 6.51. The van der Waals surface area contributed by atoms with Crippen LogP contribution >= 0.6 is 0 Å². The number of carbonyl (C=O) groups is 1. The predicted molar refractivity (Wildman–Crippen MR) is 91.6 cm³/mol. The molecule has 0 bridgehead atoms. The molecule has 0 aliphatic carbocycles. The summed E-state index contributed by atoms with van der Waals surface area (Å²) >= 11 is 0. The number of para-hydroxylation sites is 1. The Kier molecular flexibility index (Phi) is 3.90. The van der Waals surface area contributed by atoms with Crippen molar-refractivity contribution in [3.8, 4) is 5.82 Å². The molecule has 0 spiro atoms. The highest BCUT2D eigenvalue weighted by Gasteiger charge is 2.10. The molecule has 1 amide bonds. The molecule has 0 atom stereocenters. The lowest BCUT2D eigenvalue weighted by Gasteiger charge is -2.08. The summed E-state index contributed by atoms with van der Waals surface area (Å²) in [6.45, 7) is -0.181. The minimum atomic E-state index is -0.410. The number of fused-ring (bicyclic) bond motifs is 1. The Hall–Kier alpha value is -3.95. The number of nitrogens with zero attached hydrogens (tertiary/aromatic N) is 7. The lowest BCUT2D eigenvalue weighted by molar-refractivity contribution is -0.116. The highest BCUT2D eigenvalue weighted by molar-refractivity contribution is 5.90. The molecule has 0 saturated carbocycles. The molecule has 1 aromatic carbocycles. The van der Waals surface area contributed by atoms with Crippen molar-refractivity contribution in [3.05, 3.63) is 66.0 Å². The first-order valence-corrected chi connectivity index (χ1v) is 7.62. The number of carbonyl (C=O) groups excluding carboxylic acids is 1. The lowest BCUT2D eigenvalue weighted by Crippen LogP contribution is -2.28. The number of hydrogen-bond acceptors (Lipinski definition) is 7. The summed E-state index contributed by atoms with van der Waals surface area (Å²) in [4.78, 5) is 40.8. The van der Waals surface area contributed by atoms with E-state index in [1.807, 2.05) is 0 Å². The molecule has 0 unspecified atom stereocenters. The highest BCUT2D eigenvalue weighted by Crippen LogP contribution is 2.08. The standard InChI is InChI=1S/C16H12N8O2/c25-15(6-23-10-20-12-4-2-1-3-11(12)16(23)26)22-13-5-14(19-8-18-13)24-9-17-7-21-24/h1-5,7-10H,6H2,(H,18,19,22,25). The van der Waals surface area contributed by atoms with Crippen molar-refractivity contribution in [2.24, 2.45) is 0 Å². The Morgan fingerprint density at radius 2 is 1.96 bits per heavy atom. The Morgan fingerprint density at radius 3 is 2.81 bits per heavy atom. The summed E-state index contributed by atoms with van der Waals surface area (Å²) in [5, 5.41) is 7.05. The third-order valence-electron chi connectivity index (χ3n) is 3.62. The fourth-order valence-corrected chi connectivity index (χ4v) is 2.42. The van der Waals surface area contributed by atoms with Crippen LogP contribution in [0.1, 0.15) is 0 Å². The van der Waals surface area contributed by atoms with Crippen LogP contribution in [0.15, 0.2) is 60.4 Å². The van der Waals surface area contributed by atoms with Crippen molar-refractivity contribution in [3.63, 3.8) is 0 Å². The summed E-state index contributed by atoms with van der Waals surface area (Å²) in [6.07, 6.45) is 5.51. The van der Waals surface area contributed by atoms with Crippen molar-refractivity contribution in [1.82, 2.24) is 34.3 Å². The monoisotopic (exact) mass is 348 g/mol. The van der Waals surface area contributed by atoms with E-state index in [0.717, 1.165) is 0 Å². The van der Waals surface area contributed by atoms with Crippen LogP contribution in [0.3, 0.4) is 0 Å². The van der Waals surface area contributed by atoms with Gasteiger partial charge in [-0.15, -0.1) is 0 Å². The number of rotatable bonds is 4. The van der Waals surface area contributed by atoms with Crippen molar-refractivity contribution in [2.75, 3.05) is 5.32 Å². The average Bonchev–Trinajstić information content (AvgIpc) is 3.19. The first-order chi connectivity index (χ1) is 12.7. The largest absolute Gasteiger partial charge is 0.309 e. The van der Waals surface area contributed by atoms with E-state index in [0.29, 0.717) is 16.7 Å². The van der Waals surface area contributed by atoms with E-state index >= 15 is 0 Å². The quantitative estimate of drug-likeness (QED) is 0.567. The Bertz CT molecular complexity index is 1140. The minimum absolute atomic E-state index is 0.181. The second-order valence-electron chi connectivity index (χ2n) is 5.34.